The zero-order valence-corrected chi connectivity index (χ0v) is 11.4. The van der Waals surface area contributed by atoms with Gasteiger partial charge in [0, 0.05) is 40.0 Å². The van der Waals surface area contributed by atoms with E-state index in [0.29, 0.717) is 6.54 Å². The molecule has 3 heterocycles. The Morgan fingerprint density at radius 1 is 1.32 bits per heavy atom. The van der Waals surface area contributed by atoms with Gasteiger partial charge in [-0.1, -0.05) is 18.2 Å². The molecule has 3 aromatic rings. The molecule has 0 radical (unpaired) electrons. The number of aromatic nitrogens is 2. The molecule has 0 spiro atoms. The minimum absolute atomic E-state index is 0.513. The summed E-state index contributed by atoms with van der Waals surface area (Å²) in [5.41, 5.74) is 10.9. The Bertz CT molecular complexity index is 754. The first-order valence-electron chi connectivity index (χ1n) is 6.63. The SMILES string of the molecule is NCc1nn2c(c1-c1csc3ccccc13)CCC2. The van der Waals surface area contributed by atoms with Crippen molar-refractivity contribution in [2.75, 3.05) is 0 Å². The van der Waals surface area contributed by atoms with Crippen LogP contribution >= 0.6 is 11.3 Å². The molecule has 0 fully saturated rings. The Morgan fingerprint density at radius 2 is 2.21 bits per heavy atom. The Hall–Kier alpha value is -1.65. The summed E-state index contributed by atoms with van der Waals surface area (Å²) < 4.78 is 3.47. The van der Waals surface area contributed by atoms with Gasteiger partial charge >= 0.3 is 0 Å². The van der Waals surface area contributed by atoms with E-state index in [1.54, 1.807) is 11.3 Å². The first-order valence-corrected chi connectivity index (χ1v) is 7.51. The van der Waals surface area contributed by atoms with Crippen LogP contribution in [0.2, 0.25) is 0 Å². The maximum absolute atomic E-state index is 5.89. The summed E-state index contributed by atoms with van der Waals surface area (Å²) in [7, 11) is 0. The molecule has 4 heteroatoms. The van der Waals surface area contributed by atoms with E-state index >= 15 is 0 Å². The predicted octanol–water partition coefficient (Wildman–Crippen LogP) is 3.17. The molecule has 1 aliphatic heterocycles. The van der Waals surface area contributed by atoms with Crippen molar-refractivity contribution in [2.24, 2.45) is 5.73 Å². The van der Waals surface area contributed by atoms with Gasteiger partial charge in [-0.3, -0.25) is 4.68 Å². The average Bonchev–Trinajstić information content (AvgIpc) is 3.11. The van der Waals surface area contributed by atoms with Gasteiger partial charge in [0.15, 0.2) is 0 Å². The largest absolute Gasteiger partial charge is 0.325 e. The van der Waals surface area contributed by atoms with E-state index in [-0.39, 0.29) is 0 Å². The highest BCUT2D eigenvalue weighted by Crippen LogP contribution is 2.39. The number of rotatable bonds is 2. The van der Waals surface area contributed by atoms with Crippen LogP contribution in [0.25, 0.3) is 21.2 Å². The number of thiophene rings is 1. The van der Waals surface area contributed by atoms with Gasteiger partial charge in [-0.25, -0.2) is 0 Å². The lowest BCUT2D eigenvalue weighted by atomic mass is 10.0. The number of fused-ring (bicyclic) bond motifs is 2. The van der Waals surface area contributed by atoms with E-state index in [2.05, 4.69) is 39.4 Å². The van der Waals surface area contributed by atoms with Gasteiger partial charge in [-0.2, -0.15) is 5.10 Å². The fourth-order valence-corrected chi connectivity index (χ4v) is 3.96. The Kier molecular flexibility index (Phi) is 2.47. The summed E-state index contributed by atoms with van der Waals surface area (Å²) in [5.74, 6) is 0. The lowest BCUT2D eigenvalue weighted by Crippen LogP contribution is -2.01. The summed E-state index contributed by atoms with van der Waals surface area (Å²) in [6, 6.07) is 8.56. The van der Waals surface area contributed by atoms with Gasteiger partial charge < -0.3 is 5.73 Å². The molecule has 0 aliphatic carbocycles. The number of hydrogen-bond acceptors (Lipinski definition) is 3. The van der Waals surface area contributed by atoms with E-state index in [1.807, 2.05) is 0 Å². The highest BCUT2D eigenvalue weighted by atomic mass is 32.1. The molecule has 4 rings (SSSR count). The number of nitrogens with zero attached hydrogens (tertiary/aromatic N) is 2. The van der Waals surface area contributed by atoms with E-state index in [4.69, 9.17) is 5.73 Å². The van der Waals surface area contributed by atoms with E-state index in [1.165, 1.54) is 33.3 Å². The molecule has 1 aliphatic rings. The topological polar surface area (TPSA) is 43.8 Å². The first kappa shape index (κ1) is 11.2. The second-order valence-corrected chi connectivity index (χ2v) is 5.86. The van der Waals surface area contributed by atoms with Gasteiger partial charge in [-0.15, -0.1) is 11.3 Å². The molecule has 1 aromatic carbocycles. The molecule has 3 nitrogen and oxygen atoms in total. The molecular formula is C15H15N3S. The fourth-order valence-electron chi connectivity index (χ4n) is 3.01. The maximum Gasteiger partial charge on any atom is 0.0842 e. The number of nitrogens with two attached hydrogens (primary N) is 1. The third kappa shape index (κ3) is 1.57. The van der Waals surface area contributed by atoms with Gasteiger partial charge in [-0.05, 0) is 24.3 Å². The Balaban J connectivity index is 2.02. The second-order valence-electron chi connectivity index (χ2n) is 4.94. The zero-order valence-electron chi connectivity index (χ0n) is 10.6. The predicted molar refractivity (Wildman–Crippen MR) is 79.3 cm³/mol. The Morgan fingerprint density at radius 3 is 3.11 bits per heavy atom. The van der Waals surface area contributed by atoms with Crippen molar-refractivity contribution in [1.82, 2.24) is 9.78 Å². The summed E-state index contributed by atoms with van der Waals surface area (Å²) in [6.45, 7) is 1.55. The van der Waals surface area contributed by atoms with E-state index in [0.717, 1.165) is 18.7 Å². The summed E-state index contributed by atoms with van der Waals surface area (Å²) >= 11 is 1.80. The van der Waals surface area contributed by atoms with Crippen LogP contribution in [-0.4, -0.2) is 9.78 Å². The van der Waals surface area contributed by atoms with Gasteiger partial charge in [0.2, 0.25) is 0 Å². The summed E-state index contributed by atoms with van der Waals surface area (Å²) in [5, 5.41) is 8.24. The zero-order chi connectivity index (χ0) is 12.8. The molecule has 2 aromatic heterocycles. The van der Waals surface area contributed by atoms with Crippen LogP contribution in [0.4, 0.5) is 0 Å². The van der Waals surface area contributed by atoms with Crippen LogP contribution in [-0.2, 0) is 19.5 Å². The first-order chi connectivity index (χ1) is 9.38. The molecule has 0 amide bonds. The van der Waals surface area contributed by atoms with Crippen LogP contribution < -0.4 is 5.73 Å². The minimum Gasteiger partial charge on any atom is -0.325 e. The third-order valence-electron chi connectivity index (χ3n) is 3.86. The summed E-state index contributed by atoms with van der Waals surface area (Å²) in [4.78, 5) is 0. The van der Waals surface area contributed by atoms with Crippen molar-refractivity contribution >= 4 is 21.4 Å². The molecule has 96 valence electrons. The van der Waals surface area contributed by atoms with Crippen LogP contribution in [0.3, 0.4) is 0 Å². The maximum atomic E-state index is 5.89. The lowest BCUT2D eigenvalue weighted by molar-refractivity contribution is 0.644. The van der Waals surface area contributed by atoms with Crippen molar-refractivity contribution in [2.45, 2.75) is 25.9 Å². The number of hydrogen-bond donors (Lipinski definition) is 1. The lowest BCUT2D eigenvalue weighted by Gasteiger charge is -2.02. The Labute approximate surface area is 115 Å². The molecule has 0 unspecified atom stereocenters. The number of aryl methyl sites for hydroxylation is 1. The quantitative estimate of drug-likeness (QED) is 0.776. The monoisotopic (exact) mass is 269 g/mol. The highest BCUT2D eigenvalue weighted by Gasteiger charge is 2.23. The fraction of sp³-hybridized carbons (Fsp3) is 0.267. The van der Waals surface area contributed by atoms with Crippen LogP contribution in [0.1, 0.15) is 17.8 Å². The summed E-state index contributed by atoms with van der Waals surface area (Å²) in [6.07, 6.45) is 2.31. The van der Waals surface area contributed by atoms with Gasteiger partial charge in [0.25, 0.3) is 0 Å². The highest BCUT2D eigenvalue weighted by molar-refractivity contribution is 7.17. The van der Waals surface area contributed by atoms with Gasteiger partial charge in [0.1, 0.15) is 0 Å². The smallest absolute Gasteiger partial charge is 0.0842 e. The second kappa shape index (κ2) is 4.18. The third-order valence-corrected chi connectivity index (χ3v) is 4.82. The molecule has 0 bridgehead atoms. The van der Waals surface area contributed by atoms with Crippen molar-refractivity contribution < 1.29 is 0 Å². The van der Waals surface area contributed by atoms with Gasteiger partial charge in [0.05, 0.1) is 5.69 Å². The molecule has 2 N–H and O–H groups in total. The van der Waals surface area contributed by atoms with Crippen molar-refractivity contribution in [3.8, 4) is 11.1 Å². The van der Waals surface area contributed by atoms with Crippen molar-refractivity contribution in [3.05, 3.63) is 41.0 Å². The van der Waals surface area contributed by atoms with Crippen molar-refractivity contribution in [3.63, 3.8) is 0 Å². The normalized spacial score (nSPS) is 14.2. The minimum atomic E-state index is 0.513. The van der Waals surface area contributed by atoms with Crippen LogP contribution in [0, 0.1) is 0 Å². The average molecular weight is 269 g/mol. The number of benzene rings is 1. The van der Waals surface area contributed by atoms with Crippen LogP contribution in [0.15, 0.2) is 29.6 Å². The molecule has 0 saturated heterocycles. The molecule has 0 saturated carbocycles. The van der Waals surface area contributed by atoms with Crippen LogP contribution in [0.5, 0.6) is 0 Å². The van der Waals surface area contributed by atoms with Crippen molar-refractivity contribution in [1.29, 1.82) is 0 Å². The molecular weight excluding hydrogens is 254 g/mol. The van der Waals surface area contributed by atoms with E-state index < -0.39 is 0 Å². The molecule has 19 heavy (non-hydrogen) atoms. The van der Waals surface area contributed by atoms with E-state index in [9.17, 15) is 0 Å². The standard InChI is InChI=1S/C15H15N3S/c16-8-12-15(13-5-3-7-18(13)17-12)11-9-19-14-6-2-1-4-10(11)14/h1-2,4,6,9H,3,5,7-8,16H2. The molecule has 0 atom stereocenters.